The number of ether oxygens (including phenoxy) is 3. The van der Waals surface area contributed by atoms with Crippen LogP contribution in [0.25, 0.3) is 11.2 Å². The van der Waals surface area contributed by atoms with Gasteiger partial charge in [0.1, 0.15) is 6.33 Å². The minimum atomic E-state index is -0.131. The molecule has 1 saturated heterocycles. The quantitative estimate of drug-likeness (QED) is 0.562. The van der Waals surface area contributed by atoms with Crippen molar-refractivity contribution in [2.24, 2.45) is 5.92 Å². The molecule has 0 saturated carbocycles. The SMILES string of the molecule is CCn1nnc2c(N3CC(C(=O)NCc4cc(OC)c(OC)c(OC)c4)C3)ncnc21. The van der Waals surface area contributed by atoms with E-state index in [0.717, 1.165) is 5.56 Å². The van der Waals surface area contributed by atoms with Gasteiger partial charge in [-0.1, -0.05) is 5.21 Å². The molecule has 11 nitrogen and oxygen atoms in total. The maximum atomic E-state index is 12.6. The van der Waals surface area contributed by atoms with E-state index in [4.69, 9.17) is 14.2 Å². The van der Waals surface area contributed by atoms with Gasteiger partial charge in [0.15, 0.2) is 28.5 Å². The number of nitrogens with one attached hydrogen (secondary N) is 1. The number of aryl methyl sites for hydroxylation is 1. The van der Waals surface area contributed by atoms with Crippen LogP contribution in [0, 0.1) is 5.92 Å². The molecular weight excluding hydrogens is 402 g/mol. The molecule has 1 aliphatic heterocycles. The Kier molecular flexibility index (Phi) is 5.74. The number of aromatic nitrogens is 5. The fraction of sp³-hybridized carbons (Fsp3) is 0.450. The van der Waals surface area contributed by atoms with Crippen LogP contribution in [-0.4, -0.2) is 65.3 Å². The van der Waals surface area contributed by atoms with E-state index in [2.05, 4.69) is 25.6 Å². The molecule has 0 atom stereocenters. The second-order valence-corrected chi connectivity index (χ2v) is 7.13. The molecule has 1 fully saturated rings. The summed E-state index contributed by atoms with van der Waals surface area (Å²) in [6.45, 7) is 4.14. The van der Waals surface area contributed by atoms with Crippen LogP contribution >= 0.6 is 0 Å². The topological polar surface area (TPSA) is 117 Å². The molecule has 0 aliphatic carbocycles. The zero-order valence-corrected chi connectivity index (χ0v) is 18.0. The highest BCUT2D eigenvalue weighted by molar-refractivity contribution is 5.86. The summed E-state index contributed by atoms with van der Waals surface area (Å²) in [5.74, 6) is 2.17. The number of anilines is 1. The van der Waals surface area contributed by atoms with E-state index in [1.165, 1.54) is 6.33 Å². The van der Waals surface area contributed by atoms with E-state index in [1.54, 1.807) is 26.0 Å². The third kappa shape index (κ3) is 3.78. The van der Waals surface area contributed by atoms with Crippen molar-refractivity contribution in [3.05, 3.63) is 24.0 Å². The monoisotopic (exact) mass is 427 g/mol. The largest absolute Gasteiger partial charge is 0.493 e. The Morgan fingerprint density at radius 2 is 1.84 bits per heavy atom. The average molecular weight is 427 g/mol. The molecule has 1 aromatic carbocycles. The van der Waals surface area contributed by atoms with Crippen LogP contribution in [0.5, 0.6) is 17.2 Å². The number of hydrogen-bond donors (Lipinski definition) is 1. The molecule has 0 radical (unpaired) electrons. The van der Waals surface area contributed by atoms with Crippen molar-refractivity contribution in [3.63, 3.8) is 0 Å². The number of amides is 1. The first kappa shape index (κ1) is 20.6. The Balaban J connectivity index is 1.38. The predicted molar refractivity (Wildman–Crippen MR) is 112 cm³/mol. The first-order chi connectivity index (χ1) is 15.1. The fourth-order valence-corrected chi connectivity index (χ4v) is 3.61. The normalized spacial score (nSPS) is 13.7. The zero-order valence-electron chi connectivity index (χ0n) is 18.0. The Morgan fingerprint density at radius 1 is 1.13 bits per heavy atom. The van der Waals surface area contributed by atoms with Crippen LogP contribution in [0.3, 0.4) is 0 Å². The van der Waals surface area contributed by atoms with Gasteiger partial charge in [-0.3, -0.25) is 4.79 Å². The molecule has 0 unspecified atom stereocenters. The van der Waals surface area contributed by atoms with Gasteiger partial charge < -0.3 is 24.4 Å². The maximum absolute atomic E-state index is 12.6. The van der Waals surface area contributed by atoms with Gasteiger partial charge in [-0.2, -0.15) is 0 Å². The standard InChI is InChI=1S/C20H25N7O4/c1-5-27-19-16(24-25-27)18(22-11-23-19)26-9-13(10-26)20(28)21-8-12-6-14(29-2)17(31-4)15(7-12)30-3/h6-7,11,13H,5,8-10H2,1-4H3,(H,21,28). The highest BCUT2D eigenvalue weighted by atomic mass is 16.5. The second-order valence-electron chi connectivity index (χ2n) is 7.13. The second kappa shape index (κ2) is 8.62. The third-order valence-electron chi connectivity index (χ3n) is 5.32. The van der Waals surface area contributed by atoms with Crippen molar-refractivity contribution in [3.8, 4) is 17.2 Å². The maximum Gasteiger partial charge on any atom is 0.226 e. The highest BCUT2D eigenvalue weighted by Crippen LogP contribution is 2.38. The summed E-state index contributed by atoms with van der Waals surface area (Å²) in [5.41, 5.74) is 2.20. The number of rotatable bonds is 8. The third-order valence-corrected chi connectivity index (χ3v) is 5.32. The van der Waals surface area contributed by atoms with Gasteiger partial charge in [-0.15, -0.1) is 5.10 Å². The van der Waals surface area contributed by atoms with Crippen LogP contribution in [0.2, 0.25) is 0 Å². The van der Waals surface area contributed by atoms with Crippen molar-refractivity contribution >= 4 is 22.9 Å². The molecular formula is C20H25N7O4. The van der Waals surface area contributed by atoms with Gasteiger partial charge in [0.2, 0.25) is 11.7 Å². The van der Waals surface area contributed by atoms with Crippen molar-refractivity contribution in [2.75, 3.05) is 39.3 Å². The Bertz CT molecular complexity index is 1070. The van der Waals surface area contributed by atoms with Gasteiger partial charge in [-0.05, 0) is 24.6 Å². The Morgan fingerprint density at radius 3 is 2.45 bits per heavy atom. The van der Waals surface area contributed by atoms with E-state index in [9.17, 15) is 4.79 Å². The van der Waals surface area contributed by atoms with Gasteiger partial charge in [0, 0.05) is 26.2 Å². The number of benzene rings is 1. The highest BCUT2D eigenvalue weighted by Gasteiger charge is 2.35. The van der Waals surface area contributed by atoms with Crippen molar-refractivity contribution in [1.82, 2.24) is 30.3 Å². The molecule has 3 aromatic rings. The summed E-state index contributed by atoms with van der Waals surface area (Å²) < 4.78 is 17.8. The fourth-order valence-electron chi connectivity index (χ4n) is 3.61. The van der Waals surface area contributed by atoms with Crippen LogP contribution in [0.4, 0.5) is 5.82 Å². The summed E-state index contributed by atoms with van der Waals surface area (Å²) in [6, 6.07) is 3.65. The van der Waals surface area contributed by atoms with Crippen LogP contribution in [-0.2, 0) is 17.9 Å². The van der Waals surface area contributed by atoms with Crippen molar-refractivity contribution < 1.29 is 19.0 Å². The molecule has 0 spiro atoms. The number of hydrogen-bond acceptors (Lipinski definition) is 9. The van der Waals surface area contributed by atoms with E-state index in [-0.39, 0.29) is 11.8 Å². The Labute approximate surface area is 179 Å². The summed E-state index contributed by atoms with van der Waals surface area (Å²) in [7, 11) is 4.68. The number of nitrogens with zero attached hydrogens (tertiary/aromatic N) is 6. The van der Waals surface area contributed by atoms with Gasteiger partial charge in [0.05, 0.1) is 27.2 Å². The molecule has 3 heterocycles. The average Bonchev–Trinajstić information content (AvgIpc) is 3.19. The predicted octanol–water partition coefficient (Wildman–Crippen LogP) is 1.02. The summed E-state index contributed by atoms with van der Waals surface area (Å²) >= 11 is 0. The molecule has 1 N–H and O–H groups in total. The van der Waals surface area contributed by atoms with Gasteiger partial charge in [-0.25, -0.2) is 14.6 Å². The van der Waals surface area contributed by atoms with Crippen LogP contribution < -0.4 is 24.4 Å². The molecule has 1 aliphatic rings. The van der Waals surface area contributed by atoms with E-state index in [0.29, 0.717) is 60.4 Å². The molecule has 11 heteroatoms. The number of carbonyl (C=O) groups excluding carboxylic acids is 1. The smallest absolute Gasteiger partial charge is 0.226 e. The van der Waals surface area contributed by atoms with Gasteiger partial charge >= 0.3 is 0 Å². The molecule has 164 valence electrons. The zero-order chi connectivity index (χ0) is 22.0. The van der Waals surface area contributed by atoms with Crippen LogP contribution in [0.15, 0.2) is 18.5 Å². The summed E-state index contributed by atoms with van der Waals surface area (Å²) in [6.07, 6.45) is 1.50. The lowest BCUT2D eigenvalue weighted by atomic mass is 9.99. The molecule has 0 bridgehead atoms. The molecule has 31 heavy (non-hydrogen) atoms. The van der Waals surface area contributed by atoms with Crippen molar-refractivity contribution in [2.45, 2.75) is 20.0 Å². The van der Waals surface area contributed by atoms with E-state index >= 15 is 0 Å². The van der Waals surface area contributed by atoms with E-state index < -0.39 is 0 Å². The van der Waals surface area contributed by atoms with Crippen LogP contribution in [0.1, 0.15) is 12.5 Å². The molecule has 4 rings (SSSR count). The minimum absolute atomic E-state index is 0.0208. The first-order valence-electron chi connectivity index (χ1n) is 9.95. The number of methoxy groups -OCH3 is 3. The number of fused-ring (bicyclic) bond motifs is 1. The minimum Gasteiger partial charge on any atom is -0.493 e. The summed E-state index contributed by atoms with van der Waals surface area (Å²) in [4.78, 5) is 23.3. The lowest BCUT2D eigenvalue weighted by molar-refractivity contribution is -0.125. The lowest BCUT2D eigenvalue weighted by Crippen LogP contribution is -2.54. The summed E-state index contributed by atoms with van der Waals surface area (Å²) in [5, 5.41) is 11.3. The molecule has 1 amide bonds. The first-order valence-corrected chi connectivity index (χ1v) is 9.95. The Hall–Kier alpha value is -3.63. The lowest BCUT2D eigenvalue weighted by Gasteiger charge is -2.38. The number of carbonyl (C=O) groups is 1. The van der Waals surface area contributed by atoms with Crippen molar-refractivity contribution in [1.29, 1.82) is 0 Å². The van der Waals surface area contributed by atoms with E-state index in [1.807, 2.05) is 24.0 Å². The molecule has 2 aromatic heterocycles. The van der Waals surface area contributed by atoms with Gasteiger partial charge in [0.25, 0.3) is 0 Å².